The maximum absolute atomic E-state index is 12.3. The largest absolute Gasteiger partial charge is 0.487 e. The number of amides is 1. The molecule has 0 aliphatic heterocycles. The number of hydrogen-bond donors (Lipinski definition) is 0. The normalized spacial score (nSPS) is 10.3. The van der Waals surface area contributed by atoms with E-state index in [1.807, 2.05) is 37.4 Å². The van der Waals surface area contributed by atoms with E-state index in [4.69, 9.17) is 10.00 Å². The molecule has 1 amide bonds. The van der Waals surface area contributed by atoms with E-state index >= 15 is 0 Å². The van der Waals surface area contributed by atoms with E-state index in [9.17, 15) is 4.79 Å². The summed E-state index contributed by atoms with van der Waals surface area (Å²) in [5, 5.41) is 11.4. The minimum absolute atomic E-state index is 0.0921. The lowest BCUT2D eigenvalue weighted by Crippen LogP contribution is -2.23. The molecule has 0 radical (unpaired) electrons. The van der Waals surface area contributed by atoms with Crippen molar-refractivity contribution in [3.63, 3.8) is 0 Å². The van der Waals surface area contributed by atoms with E-state index in [1.165, 1.54) is 18.3 Å². The molecule has 0 atom stereocenters. The third-order valence-electron chi connectivity index (χ3n) is 3.99. The molecule has 0 aliphatic rings. The van der Waals surface area contributed by atoms with E-state index in [-0.39, 0.29) is 12.5 Å². The van der Waals surface area contributed by atoms with Gasteiger partial charge in [-0.05, 0) is 43.7 Å². The Hall–Kier alpha value is -3.17. The van der Waals surface area contributed by atoms with Crippen molar-refractivity contribution in [3.8, 4) is 11.8 Å². The number of hydrogen-bond acceptors (Lipinski definition) is 5. The minimum Gasteiger partial charge on any atom is -0.487 e. The molecule has 6 heteroatoms. The first-order valence-corrected chi connectivity index (χ1v) is 9.31. The van der Waals surface area contributed by atoms with Crippen molar-refractivity contribution in [1.29, 1.82) is 5.26 Å². The van der Waals surface area contributed by atoms with Crippen molar-refractivity contribution < 1.29 is 9.53 Å². The van der Waals surface area contributed by atoms with Crippen molar-refractivity contribution in [2.45, 2.75) is 27.4 Å². The molecule has 0 spiro atoms. The number of nitriles is 1. The number of carbonyl (C=O) groups is 1. The highest BCUT2D eigenvalue weighted by Crippen LogP contribution is 2.32. The number of anilines is 2. The van der Waals surface area contributed by atoms with Crippen LogP contribution in [0.25, 0.3) is 0 Å². The van der Waals surface area contributed by atoms with Crippen molar-refractivity contribution in [3.05, 3.63) is 70.2 Å². The zero-order chi connectivity index (χ0) is 19.4. The molecule has 0 saturated carbocycles. The van der Waals surface area contributed by atoms with Crippen LogP contribution < -0.4 is 9.64 Å². The SMILES string of the molecule is CC(=O)N(c1nc(COc2cccc(C#N)c2)cs1)c1ccc(C)cc1C. The van der Waals surface area contributed by atoms with Gasteiger partial charge in [-0.25, -0.2) is 4.98 Å². The smallest absolute Gasteiger partial charge is 0.230 e. The monoisotopic (exact) mass is 377 g/mol. The predicted octanol–water partition coefficient (Wildman–Crippen LogP) is 4.90. The summed E-state index contributed by atoms with van der Waals surface area (Å²) in [5.41, 5.74) is 4.27. The topological polar surface area (TPSA) is 66.2 Å². The van der Waals surface area contributed by atoms with Gasteiger partial charge < -0.3 is 4.74 Å². The van der Waals surface area contributed by atoms with Crippen molar-refractivity contribution in [2.24, 2.45) is 0 Å². The lowest BCUT2D eigenvalue weighted by atomic mass is 10.1. The van der Waals surface area contributed by atoms with Gasteiger partial charge in [-0.15, -0.1) is 11.3 Å². The van der Waals surface area contributed by atoms with Crippen LogP contribution in [0.15, 0.2) is 47.8 Å². The number of carbonyl (C=O) groups excluding carboxylic acids is 1. The van der Waals surface area contributed by atoms with Crippen LogP contribution in [0.4, 0.5) is 10.8 Å². The first-order valence-electron chi connectivity index (χ1n) is 8.43. The Labute approximate surface area is 162 Å². The Balaban J connectivity index is 1.80. The average molecular weight is 377 g/mol. The van der Waals surface area contributed by atoms with Crippen molar-refractivity contribution in [1.82, 2.24) is 4.98 Å². The van der Waals surface area contributed by atoms with Gasteiger partial charge in [0.05, 0.1) is 23.0 Å². The molecule has 0 bridgehead atoms. The minimum atomic E-state index is -0.0921. The summed E-state index contributed by atoms with van der Waals surface area (Å²) >= 11 is 1.40. The zero-order valence-electron chi connectivity index (χ0n) is 15.4. The van der Waals surface area contributed by atoms with Crippen LogP contribution in [0.2, 0.25) is 0 Å². The number of thiazole rings is 1. The van der Waals surface area contributed by atoms with Crippen LogP contribution in [0.1, 0.15) is 29.3 Å². The summed E-state index contributed by atoms with van der Waals surface area (Å²) in [6, 6.07) is 15.0. The summed E-state index contributed by atoms with van der Waals surface area (Å²) in [4.78, 5) is 18.5. The number of benzene rings is 2. The number of rotatable bonds is 5. The summed E-state index contributed by atoms with van der Waals surface area (Å²) in [6.45, 7) is 5.81. The molecule has 0 fully saturated rings. The van der Waals surface area contributed by atoms with E-state index < -0.39 is 0 Å². The molecule has 3 rings (SSSR count). The van der Waals surface area contributed by atoms with Gasteiger partial charge in [0.2, 0.25) is 5.91 Å². The molecule has 0 unspecified atom stereocenters. The molecular weight excluding hydrogens is 358 g/mol. The van der Waals surface area contributed by atoms with Crippen LogP contribution in [-0.4, -0.2) is 10.9 Å². The Morgan fingerprint density at radius 1 is 1.26 bits per heavy atom. The maximum atomic E-state index is 12.3. The Kier molecular flexibility index (Phi) is 5.53. The van der Waals surface area contributed by atoms with Gasteiger partial charge in [0.15, 0.2) is 5.13 Å². The highest BCUT2D eigenvalue weighted by atomic mass is 32.1. The number of aryl methyl sites for hydroxylation is 2. The van der Waals surface area contributed by atoms with Crippen molar-refractivity contribution in [2.75, 3.05) is 4.90 Å². The highest BCUT2D eigenvalue weighted by Gasteiger charge is 2.19. The Morgan fingerprint density at radius 2 is 2.07 bits per heavy atom. The fourth-order valence-corrected chi connectivity index (χ4v) is 3.61. The van der Waals surface area contributed by atoms with Crippen LogP contribution in [0.3, 0.4) is 0 Å². The molecule has 0 N–H and O–H groups in total. The molecule has 27 heavy (non-hydrogen) atoms. The first kappa shape index (κ1) is 18.6. The second-order valence-corrected chi connectivity index (χ2v) is 7.03. The van der Waals surface area contributed by atoms with Gasteiger partial charge in [0, 0.05) is 12.3 Å². The number of ether oxygens (including phenoxy) is 1. The molecule has 0 saturated heterocycles. The van der Waals surface area contributed by atoms with Gasteiger partial charge >= 0.3 is 0 Å². The molecular formula is C21H19N3O2S. The van der Waals surface area contributed by atoms with Crippen LogP contribution in [-0.2, 0) is 11.4 Å². The fraction of sp³-hybridized carbons (Fsp3) is 0.190. The Morgan fingerprint density at radius 3 is 2.78 bits per heavy atom. The van der Waals surface area contributed by atoms with Gasteiger partial charge in [-0.3, -0.25) is 9.69 Å². The summed E-state index contributed by atoms with van der Waals surface area (Å²) in [5.74, 6) is 0.520. The second kappa shape index (κ2) is 8.02. The van der Waals surface area contributed by atoms with E-state index in [0.29, 0.717) is 16.4 Å². The second-order valence-electron chi connectivity index (χ2n) is 6.19. The summed E-state index contributed by atoms with van der Waals surface area (Å²) in [6.07, 6.45) is 0. The third-order valence-corrected chi connectivity index (χ3v) is 4.86. The molecule has 5 nitrogen and oxygen atoms in total. The molecule has 0 aliphatic carbocycles. The lowest BCUT2D eigenvalue weighted by Gasteiger charge is -2.20. The zero-order valence-corrected chi connectivity index (χ0v) is 16.2. The van der Waals surface area contributed by atoms with Gasteiger partial charge in [0.25, 0.3) is 0 Å². The quantitative estimate of drug-likeness (QED) is 0.634. The fourth-order valence-electron chi connectivity index (χ4n) is 2.74. The molecule has 2 aromatic carbocycles. The average Bonchev–Trinajstić information content (AvgIpc) is 3.10. The van der Waals surface area contributed by atoms with Crippen LogP contribution >= 0.6 is 11.3 Å². The Bertz CT molecular complexity index is 1020. The lowest BCUT2D eigenvalue weighted by molar-refractivity contribution is -0.115. The summed E-state index contributed by atoms with van der Waals surface area (Å²) < 4.78 is 5.72. The van der Waals surface area contributed by atoms with E-state index in [0.717, 1.165) is 22.5 Å². The molecule has 136 valence electrons. The summed E-state index contributed by atoms with van der Waals surface area (Å²) in [7, 11) is 0. The highest BCUT2D eigenvalue weighted by molar-refractivity contribution is 7.14. The van der Waals surface area contributed by atoms with Crippen LogP contribution in [0, 0.1) is 25.2 Å². The standard InChI is InChI=1S/C21H19N3O2S/c1-14-7-8-20(15(2)9-14)24(16(3)25)21-23-18(13-27-21)12-26-19-6-4-5-17(10-19)11-22/h4-10,13H,12H2,1-3H3. The maximum Gasteiger partial charge on any atom is 0.230 e. The third kappa shape index (κ3) is 4.33. The molecule has 1 heterocycles. The van der Waals surface area contributed by atoms with E-state index in [2.05, 4.69) is 11.1 Å². The number of aromatic nitrogens is 1. The van der Waals surface area contributed by atoms with Gasteiger partial charge in [-0.1, -0.05) is 23.8 Å². The van der Waals surface area contributed by atoms with Crippen molar-refractivity contribution >= 4 is 28.1 Å². The molecule has 3 aromatic rings. The van der Waals surface area contributed by atoms with Gasteiger partial charge in [0.1, 0.15) is 12.4 Å². The molecule has 1 aromatic heterocycles. The number of nitrogens with zero attached hydrogens (tertiary/aromatic N) is 3. The van der Waals surface area contributed by atoms with Crippen LogP contribution in [0.5, 0.6) is 5.75 Å². The first-order chi connectivity index (χ1) is 13.0. The van der Waals surface area contributed by atoms with Gasteiger partial charge in [-0.2, -0.15) is 5.26 Å². The van der Waals surface area contributed by atoms with E-state index in [1.54, 1.807) is 29.2 Å². The predicted molar refractivity (Wildman–Crippen MR) is 106 cm³/mol.